The van der Waals surface area contributed by atoms with Crippen LogP contribution in [-0.2, 0) is 9.53 Å². The highest BCUT2D eigenvalue weighted by Crippen LogP contribution is 2.32. The molecule has 2 N–H and O–H groups in total. The van der Waals surface area contributed by atoms with E-state index in [2.05, 4.69) is 9.72 Å². The summed E-state index contributed by atoms with van der Waals surface area (Å²) in [7, 11) is 2.81. The first-order valence-electron chi connectivity index (χ1n) is 7.01. The Morgan fingerprint density at radius 2 is 1.71 bits per heavy atom. The van der Waals surface area contributed by atoms with E-state index in [0.29, 0.717) is 22.8 Å². The van der Waals surface area contributed by atoms with Crippen LogP contribution in [0.3, 0.4) is 0 Å². The number of methoxy groups -OCH3 is 2. The number of carbonyl (C=O) groups excluding carboxylic acids is 2. The van der Waals surface area contributed by atoms with E-state index in [1.807, 2.05) is 30.3 Å². The van der Waals surface area contributed by atoms with Crippen molar-refractivity contribution in [2.75, 3.05) is 14.2 Å². The smallest absolute Gasteiger partial charge is 0.302 e. The molecule has 128 valence electrons. The fourth-order valence-corrected chi connectivity index (χ4v) is 1.71. The molecule has 1 heterocycles. The first kappa shape index (κ1) is 19.0. The number of esters is 1. The summed E-state index contributed by atoms with van der Waals surface area (Å²) in [4.78, 5) is 24.8. The van der Waals surface area contributed by atoms with Crippen LogP contribution < -0.4 is 15.2 Å². The zero-order valence-corrected chi connectivity index (χ0v) is 14.0. The number of pyridine rings is 1. The molecule has 0 unspecified atom stereocenters. The number of benzene rings is 1. The van der Waals surface area contributed by atoms with E-state index in [9.17, 15) is 9.59 Å². The fraction of sp³-hybridized carbons (Fsp3) is 0.235. The summed E-state index contributed by atoms with van der Waals surface area (Å²) < 4.78 is 15.0. The average molecular weight is 332 g/mol. The lowest BCUT2D eigenvalue weighted by Gasteiger charge is -2.13. The van der Waals surface area contributed by atoms with Gasteiger partial charge < -0.3 is 19.9 Å². The van der Waals surface area contributed by atoms with E-state index in [4.69, 9.17) is 15.2 Å². The van der Waals surface area contributed by atoms with Gasteiger partial charge >= 0.3 is 5.97 Å². The third-order valence-electron chi connectivity index (χ3n) is 2.93. The molecule has 0 saturated carbocycles. The number of carbonyl (C=O) groups is 2. The maximum atomic E-state index is 11.2. The summed E-state index contributed by atoms with van der Waals surface area (Å²) in [6, 6.07) is 9.29. The molecule has 7 nitrogen and oxygen atoms in total. The highest BCUT2D eigenvalue weighted by Gasteiger charge is 2.17. The number of aromatic nitrogens is 1. The van der Waals surface area contributed by atoms with E-state index >= 15 is 0 Å². The van der Waals surface area contributed by atoms with Crippen LogP contribution >= 0.6 is 0 Å². The first-order valence-corrected chi connectivity index (χ1v) is 7.01. The standard InChI is InChI=1S/C14H14N2O3.C3H6O2/c1-9-11(19-10-6-4-3-5-7-10)8-16-12(14(15)17)13(9)18-2;1-3(4)5-2/h3-8H,1-2H3,(H2,15,17);1-2H3. The summed E-state index contributed by atoms with van der Waals surface area (Å²) in [5, 5.41) is 0. The van der Waals surface area contributed by atoms with Crippen LogP contribution in [0.25, 0.3) is 0 Å². The van der Waals surface area contributed by atoms with Crippen molar-refractivity contribution < 1.29 is 23.8 Å². The second-order valence-electron chi connectivity index (χ2n) is 4.60. The molecule has 2 aromatic rings. The predicted octanol–water partition coefficient (Wildman–Crippen LogP) is 2.47. The number of nitrogens with zero attached hydrogens (tertiary/aromatic N) is 1. The van der Waals surface area contributed by atoms with Gasteiger partial charge in [-0.2, -0.15) is 0 Å². The second kappa shape index (κ2) is 9.14. The zero-order chi connectivity index (χ0) is 18.1. The number of nitrogens with two attached hydrogens (primary N) is 1. The Hall–Kier alpha value is -3.09. The molecule has 0 saturated heterocycles. The van der Waals surface area contributed by atoms with Gasteiger partial charge in [-0.3, -0.25) is 9.59 Å². The Morgan fingerprint density at radius 1 is 1.12 bits per heavy atom. The highest BCUT2D eigenvalue weighted by atomic mass is 16.5. The summed E-state index contributed by atoms with van der Waals surface area (Å²) >= 11 is 0. The lowest BCUT2D eigenvalue weighted by molar-refractivity contribution is -0.137. The number of hydrogen-bond acceptors (Lipinski definition) is 6. The van der Waals surface area contributed by atoms with Crippen LogP contribution in [0.2, 0.25) is 0 Å². The predicted molar refractivity (Wildman–Crippen MR) is 88.2 cm³/mol. The lowest BCUT2D eigenvalue weighted by atomic mass is 10.2. The van der Waals surface area contributed by atoms with Gasteiger partial charge in [0.25, 0.3) is 5.91 Å². The maximum Gasteiger partial charge on any atom is 0.302 e. The van der Waals surface area contributed by atoms with E-state index < -0.39 is 5.91 Å². The van der Waals surface area contributed by atoms with Gasteiger partial charge in [0.05, 0.1) is 20.4 Å². The van der Waals surface area contributed by atoms with Crippen molar-refractivity contribution in [3.05, 3.63) is 47.8 Å². The Morgan fingerprint density at radius 3 is 2.17 bits per heavy atom. The molecular weight excluding hydrogens is 312 g/mol. The van der Waals surface area contributed by atoms with Gasteiger partial charge in [0.15, 0.2) is 17.2 Å². The molecule has 0 aliphatic carbocycles. The number of amides is 1. The monoisotopic (exact) mass is 332 g/mol. The molecular formula is C17H20N2O5. The highest BCUT2D eigenvalue weighted by molar-refractivity contribution is 5.94. The Labute approximate surface area is 140 Å². The van der Waals surface area contributed by atoms with Gasteiger partial charge in [0.2, 0.25) is 0 Å². The van der Waals surface area contributed by atoms with Crippen LogP contribution in [-0.4, -0.2) is 31.1 Å². The van der Waals surface area contributed by atoms with E-state index in [-0.39, 0.29) is 11.7 Å². The number of primary amides is 1. The summed E-state index contributed by atoms with van der Waals surface area (Å²) in [6.07, 6.45) is 1.46. The minimum atomic E-state index is -0.633. The van der Waals surface area contributed by atoms with Gasteiger partial charge in [-0.25, -0.2) is 4.98 Å². The van der Waals surface area contributed by atoms with E-state index in [0.717, 1.165) is 0 Å². The van der Waals surface area contributed by atoms with Crippen molar-refractivity contribution in [2.24, 2.45) is 5.73 Å². The molecule has 2 rings (SSSR count). The van der Waals surface area contributed by atoms with Crippen molar-refractivity contribution in [1.29, 1.82) is 0 Å². The average Bonchev–Trinajstić information content (AvgIpc) is 2.57. The minimum absolute atomic E-state index is 0.0976. The van der Waals surface area contributed by atoms with Gasteiger partial charge in [0.1, 0.15) is 5.75 Å². The molecule has 0 aliphatic rings. The van der Waals surface area contributed by atoms with Gasteiger partial charge in [0, 0.05) is 12.5 Å². The summed E-state index contributed by atoms with van der Waals surface area (Å²) in [5.74, 6) is 0.659. The van der Waals surface area contributed by atoms with E-state index in [1.54, 1.807) is 6.92 Å². The van der Waals surface area contributed by atoms with Crippen molar-refractivity contribution >= 4 is 11.9 Å². The fourth-order valence-electron chi connectivity index (χ4n) is 1.71. The Kier molecular flexibility index (Phi) is 7.22. The van der Waals surface area contributed by atoms with Crippen LogP contribution in [0.15, 0.2) is 36.5 Å². The SMILES string of the molecule is COC(C)=O.COc1c(C(N)=O)ncc(Oc2ccccc2)c1C. The van der Waals surface area contributed by atoms with Crippen molar-refractivity contribution in [3.8, 4) is 17.2 Å². The van der Waals surface area contributed by atoms with Gasteiger partial charge in [-0.1, -0.05) is 18.2 Å². The molecule has 1 aromatic carbocycles. The number of rotatable bonds is 4. The van der Waals surface area contributed by atoms with Crippen LogP contribution in [0.5, 0.6) is 17.2 Å². The molecule has 0 spiro atoms. The topological polar surface area (TPSA) is 101 Å². The molecule has 0 bridgehead atoms. The quantitative estimate of drug-likeness (QED) is 0.863. The molecule has 7 heteroatoms. The van der Waals surface area contributed by atoms with Crippen LogP contribution in [0.1, 0.15) is 23.0 Å². The second-order valence-corrected chi connectivity index (χ2v) is 4.60. The molecule has 0 fully saturated rings. The summed E-state index contributed by atoms with van der Waals surface area (Å²) in [5.41, 5.74) is 6.01. The van der Waals surface area contributed by atoms with E-state index in [1.165, 1.54) is 27.3 Å². The number of para-hydroxylation sites is 1. The largest absolute Gasteiger partial charge is 0.494 e. The van der Waals surface area contributed by atoms with Crippen molar-refractivity contribution in [2.45, 2.75) is 13.8 Å². The lowest BCUT2D eigenvalue weighted by Crippen LogP contribution is -2.15. The number of ether oxygens (including phenoxy) is 3. The van der Waals surface area contributed by atoms with Gasteiger partial charge in [-0.05, 0) is 19.1 Å². The molecule has 24 heavy (non-hydrogen) atoms. The van der Waals surface area contributed by atoms with Crippen LogP contribution in [0.4, 0.5) is 0 Å². The molecule has 0 atom stereocenters. The molecule has 1 amide bonds. The molecule has 0 aliphatic heterocycles. The van der Waals surface area contributed by atoms with Crippen LogP contribution in [0, 0.1) is 6.92 Å². The zero-order valence-electron chi connectivity index (χ0n) is 14.0. The van der Waals surface area contributed by atoms with Gasteiger partial charge in [-0.15, -0.1) is 0 Å². The van der Waals surface area contributed by atoms with Crippen molar-refractivity contribution in [1.82, 2.24) is 4.98 Å². The summed E-state index contributed by atoms with van der Waals surface area (Å²) in [6.45, 7) is 3.14. The first-order chi connectivity index (χ1) is 11.4. The third-order valence-corrected chi connectivity index (χ3v) is 2.93. The normalized spacial score (nSPS) is 9.33. The maximum absolute atomic E-state index is 11.2. The third kappa shape index (κ3) is 5.28. The Bertz CT molecular complexity index is 702. The Balaban J connectivity index is 0.000000505. The minimum Gasteiger partial charge on any atom is -0.494 e. The molecule has 1 aromatic heterocycles. The van der Waals surface area contributed by atoms with Crippen molar-refractivity contribution in [3.63, 3.8) is 0 Å². The molecule has 0 radical (unpaired) electrons. The number of hydrogen-bond donors (Lipinski definition) is 1.